The number of nitrogens with zero attached hydrogens (tertiary/aromatic N) is 1. The Morgan fingerprint density at radius 3 is 2.15 bits per heavy atom. The summed E-state index contributed by atoms with van der Waals surface area (Å²) < 4.78 is 13.5. The monoisotopic (exact) mass is 463 g/mol. The van der Waals surface area contributed by atoms with Crippen molar-refractivity contribution in [3.05, 3.63) is 94.4 Å². The van der Waals surface area contributed by atoms with Crippen LogP contribution in [-0.2, 0) is 14.4 Å². The second-order valence-electron chi connectivity index (χ2n) is 7.52. The molecule has 1 heterocycles. The van der Waals surface area contributed by atoms with Crippen molar-refractivity contribution in [1.29, 1.82) is 0 Å². The molecule has 4 rings (SSSR count). The molecule has 0 saturated heterocycles. The predicted octanol–water partition coefficient (Wildman–Crippen LogP) is 5.14. The zero-order valence-electron chi connectivity index (χ0n) is 17.8. The van der Waals surface area contributed by atoms with Gasteiger partial charge in [0.25, 0.3) is 11.8 Å². The van der Waals surface area contributed by atoms with Gasteiger partial charge in [-0.05, 0) is 66.6 Å². The van der Waals surface area contributed by atoms with Gasteiger partial charge < -0.3 is 10.6 Å². The van der Waals surface area contributed by atoms with Crippen LogP contribution in [0.5, 0.6) is 0 Å². The summed E-state index contributed by atoms with van der Waals surface area (Å²) in [5, 5.41) is 6.10. The molecule has 0 aromatic heterocycles. The molecule has 6 nitrogen and oxygen atoms in total. The molecule has 1 aliphatic heterocycles. The summed E-state index contributed by atoms with van der Waals surface area (Å²) in [4.78, 5) is 39.1. The van der Waals surface area contributed by atoms with Gasteiger partial charge in [0.1, 0.15) is 11.5 Å². The Morgan fingerprint density at radius 1 is 0.909 bits per heavy atom. The maximum Gasteiger partial charge on any atom is 0.282 e. The number of amides is 3. The van der Waals surface area contributed by atoms with E-state index in [0.717, 1.165) is 10.5 Å². The highest BCUT2D eigenvalue weighted by atomic mass is 35.5. The SMILES string of the molecule is CC(=O)Nc1ccc(NC2=C(c3ccc(F)cc3)C(=O)N(c3ccc(C)c(Cl)c3)C2=O)cc1. The molecule has 0 atom stereocenters. The van der Waals surface area contributed by atoms with E-state index in [0.29, 0.717) is 27.6 Å². The van der Waals surface area contributed by atoms with Crippen LogP contribution in [0, 0.1) is 12.7 Å². The molecule has 3 amide bonds. The molecule has 0 fully saturated rings. The van der Waals surface area contributed by atoms with Crippen molar-refractivity contribution in [3.63, 3.8) is 0 Å². The van der Waals surface area contributed by atoms with Crippen LogP contribution >= 0.6 is 11.6 Å². The maximum atomic E-state index is 13.5. The lowest BCUT2D eigenvalue weighted by molar-refractivity contribution is -0.120. The minimum absolute atomic E-state index is 0.0515. The third-order valence-corrected chi connectivity index (χ3v) is 5.51. The van der Waals surface area contributed by atoms with Crippen LogP contribution in [0.2, 0.25) is 5.02 Å². The quantitative estimate of drug-likeness (QED) is 0.513. The molecule has 3 aromatic rings. The van der Waals surface area contributed by atoms with Crippen molar-refractivity contribution in [3.8, 4) is 0 Å². The highest BCUT2D eigenvalue weighted by molar-refractivity contribution is 6.46. The maximum absolute atomic E-state index is 13.5. The normalized spacial score (nSPS) is 13.5. The molecule has 0 bridgehead atoms. The van der Waals surface area contributed by atoms with Crippen molar-refractivity contribution < 1.29 is 18.8 Å². The number of aryl methyl sites for hydroxylation is 1. The Morgan fingerprint density at radius 2 is 1.55 bits per heavy atom. The van der Waals surface area contributed by atoms with Crippen LogP contribution in [0.1, 0.15) is 18.1 Å². The van der Waals surface area contributed by atoms with Crippen LogP contribution in [-0.4, -0.2) is 17.7 Å². The lowest BCUT2D eigenvalue weighted by Gasteiger charge is -2.16. The van der Waals surface area contributed by atoms with Crippen molar-refractivity contribution in [1.82, 2.24) is 0 Å². The minimum atomic E-state index is -0.565. The summed E-state index contributed by atoms with van der Waals surface area (Å²) in [7, 11) is 0. The summed E-state index contributed by atoms with van der Waals surface area (Å²) in [6.07, 6.45) is 0. The van der Waals surface area contributed by atoms with E-state index in [4.69, 9.17) is 11.6 Å². The zero-order valence-corrected chi connectivity index (χ0v) is 18.5. The first-order valence-electron chi connectivity index (χ1n) is 10.0. The van der Waals surface area contributed by atoms with Crippen molar-refractivity contribution in [2.75, 3.05) is 15.5 Å². The molecule has 3 aromatic carbocycles. The van der Waals surface area contributed by atoms with Crippen molar-refractivity contribution >= 4 is 52.0 Å². The number of rotatable bonds is 5. The number of anilines is 3. The Labute approximate surface area is 194 Å². The first-order chi connectivity index (χ1) is 15.7. The third kappa shape index (κ3) is 4.49. The topological polar surface area (TPSA) is 78.5 Å². The fourth-order valence-corrected chi connectivity index (χ4v) is 3.64. The number of hydrogen-bond acceptors (Lipinski definition) is 4. The van der Waals surface area contributed by atoms with Gasteiger partial charge in [-0.25, -0.2) is 9.29 Å². The molecule has 0 aliphatic carbocycles. The van der Waals surface area contributed by atoms with Crippen molar-refractivity contribution in [2.24, 2.45) is 0 Å². The average molecular weight is 464 g/mol. The lowest BCUT2D eigenvalue weighted by atomic mass is 10.0. The van der Waals surface area contributed by atoms with Gasteiger partial charge in [0, 0.05) is 23.3 Å². The smallest absolute Gasteiger partial charge is 0.282 e. The molecule has 0 radical (unpaired) electrons. The van der Waals surface area contributed by atoms with Crippen LogP contribution in [0.15, 0.2) is 72.4 Å². The molecule has 0 saturated carbocycles. The third-order valence-electron chi connectivity index (χ3n) is 5.11. The molecule has 166 valence electrons. The first kappa shape index (κ1) is 22.2. The van der Waals surface area contributed by atoms with E-state index in [-0.39, 0.29) is 17.2 Å². The van der Waals surface area contributed by atoms with E-state index in [1.807, 2.05) is 6.92 Å². The number of carbonyl (C=O) groups excluding carboxylic acids is 3. The number of nitrogens with one attached hydrogen (secondary N) is 2. The van der Waals surface area contributed by atoms with Gasteiger partial charge in [0.2, 0.25) is 5.91 Å². The number of imide groups is 1. The van der Waals surface area contributed by atoms with Gasteiger partial charge in [-0.15, -0.1) is 0 Å². The molecular formula is C25H19ClFN3O3. The van der Waals surface area contributed by atoms with E-state index < -0.39 is 17.6 Å². The van der Waals surface area contributed by atoms with Crippen molar-refractivity contribution in [2.45, 2.75) is 13.8 Å². The summed E-state index contributed by atoms with van der Waals surface area (Å²) in [6.45, 7) is 3.22. The van der Waals surface area contributed by atoms with E-state index in [1.165, 1.54) is 31.2 Å². The minimum Gasteiger partial charge on any atom is -0.350 e. The van der Waals surface area contributed by atoms with E-state index >= 15 is 0 Å². The second kappa shape index (κ2) is 8.88. The van der Waals surface area contributed by atoms with E-state index in [1.54, 1.807) is 42.5 Å². The highest BCUT2D eigenvalue weighted by Gasteiger charge is 2.40. The predicted molar refractivity (Wildman–Crippen MR) is 126 cm³/mol. The molecule has 0 spiro atoms. The average Bonchev–Trinajstić information content (AvgIpc) is 3.01. The molecule has 1 aliphatic rings. The van der Waals surface area contributed by atoms with Crippen LogP contribution in [0.4, 0.5) is 21.5 Å². The number of benzene rings is 3. The fraction of sp³-hybridized carbons (Fsp3) is 0.0800. The summed E-state index contributed by atoms with van der Waals surface area (Å²) in [5.74, 6) is -1.78. The molecular weight excluding hydrogens is 445 g/mol. The number of halogens is 2. The van der Waals surface area contributed by atoms with Crippen LogP contribution in [0.3, 0.4) is 0 Å². The molecule has 2 N–H and O–H groups in total. The Bertz CT molecular complexity index is 1300. The fourth-order valence-electron chi connectivity index (χ4n) is 3.47. The van der Waals surface area contributed by atoms with Gasteiger partial charge >= 0.3 is 0 Å². The largest absolute Gasteiger partial charge is 0.350 e. The second-order valence-corrected chi connectivity index (χ2v) is 7.93. The zero-order chi connectivity index (χ0) is 23.7. The summed E-state index contributed by atoms with van der Waals surface area (Å²) in [5.41, 5.74) is 2.82. The van der Waals surface area contributed by atoms with Gasteiger partial charge in [-0.1, -0.05) is 29.8 Å². The van der Waals surface area contributed by atoms with Gasteiger partial charge in [-0.2, -0.15) is 0 Å². The van der Waals surface area contributed by atoms with Gasteiger partial charge in [0.05, 0.1) is 11.3 Å². The van der Waals surface area contributed by atoms with Crippen LogP contribution in [0.25, 0.3) is 5.57 Å². The van der Waals surface area contributed by atoms with Gasteiger partial charge in [0.15, 0.2) is 0 Å². The van der Waals surface area contributed by atoms with Gasteiger partial charge in [-0.3, -0.25) is 14.4 Å². The number of hydrogen-bond donors (Lipinski definition) is 2. The summed E-state index contributed by atoms with van der Waals surface area (Å²) >= 11 is 6.23. The highest BCUT2D eigenvalue weighted by Crippen LogP contribution is 2.35. The first-order valence-corrected chi connectivity index (χ1v) is 10.4. The lowest BCUT2D eigenvalue weighted by Crippen LogP contribution is -2.32. The number of carbonyl (C=O) groups is 3. The standard InChI is InChI=1S/C25H19ClFN3O3/c1-14-3-12-20(13-21(14)26)30-24(32)22(16-4-6-17(27)7-5-16)23(25(30)33)29-19-10-8-18(9-11-19)28-15(2)31/h3-13,29H,1-2H3,(H,28,31). The Balaban J connectivity index is 1.75. The Kier molecular flexibility index (Phi) is 5.98. The summed E-state index contributed by atoms with van der Waals surface area (Å²) in [6, 6.07) is 16.9. The molecule has 8 heteroatoms. The molecule has 33 heavy (non-hydrogen) atoms. The Hall–Kier alpha value is -3.97. The van der Waals surface area contributed by atoms with E-state index in [9.17, 15) is 18.8 Å². The van der Waals surface area contributed by atoms with Crippen LogP contribution < -0.4 is 15.5 Å². The van der Waals surface area contributed by atoms with E-state index in [2.05, 4.69) is 10.6 Å². The molecule has 0 unspecified atom stereocenters.